The molecular weight excluding hydrogens is 358 g/mol. The van der Waals surface area contributed by atoms with Gasteiger partial charge >= 0.3 is 0 Å². The first-order valence-corrected chi connectivity index (χ1v) is 9.61. The minimum absolute atomic E-state index is 0.602. The molecule has 0 unspecified atom stereocenters. The largest absolute Gasteiger partial charge is 0.497 e. The summed E-state index contributed by atoms with van der Waals surface area (Å²) in [5.41, 5.74) is 3.24. The number of ether oxygens (including phenoxy) is 2. The number of allylic oxidation sites excluding steroid dienone is 2. The second-order valence-corrected chi connectivity index (χ2v) is 7.18. The third kappa shape index (κ3) is 3.95. The van der Waals surface area contributed by atoms with Gasteiger partial charge in [-0.2, -0.15) is 4.37 Å². The molecule has 3 heterocycles. The highest BCUT2D eigenvalue weighted by Crippen LogP contribution is 2.27. The number of aryl methyl sites for hydroxylation is 1. The number of hydrogen-bond donors (Lipinski definition) is 0. The number of methoxy groups -OCH3 is 1. The number of hydrogen-bond acceptors (Lipinski definition) is 6. The highest BCUT2D eigenvalue weighted by molar-refractivity contribution is 7.07. The van der Waals surface area contributed by atoms with Crippen LogP contribution in [0, 0.1) is 6.92 Å². The summed E-state index contributed by atoms with van der Waals surface area (Å²) in [6, 6.07) is 9.89. The van der Waals surface area contributed by atoms with Crippen molar-refractivity contribution in [2.24, 2.45) is 0 Å². The second kappa shape index (κ2) is 7.80. The predicted molar refractivity (Wildman–Crippen MR) is 109 cm³/mol. The maximum atomic E-state index is 6.06. The summed E-state index contributed by atoms with van der Waals surface area (Å²) in [5, 5.41) is 0.994. The molecule has 0 spiro atoms. The fourth-order valence-electron chi connectivity index (χ4n) is 3.06. The van der Waals surface area contributed by atoms with Crippen LogP contribution < -0.4 is 9.47 Å². The van der Waals surface area contributed by atoms with Crippen molar-refractivity contribution < 1.29 is 9.47 Å². The molecule has 0 N–H and O–H groups in total. The minimum atomic E-state index is 0.602. The third-order valence-corrected chi connectivity index (χ3v) is 5.41. The Hall–Kier alpha value is -2.86. The number of rotatable bonds is 6. The van der Waals surface area contributed by atoms with Gasteiger partial charge in [0.05, 0.1) is 29.7 Å². The average molecular weight is 379 g/mol. The minimum Gasteiger partial charge on any atom is -0.497 e. The van der Waals surface area contributed by atoms with Gasteiger partial charge in [0, 0.05) is 24.2 Å². The highest BCUT2D eigenvalue weighted by Gasteiger charge is 2.12. The van der Waals surface area contributed by atoms with Crippen LogP contribution in [0.15, 0.2) is 54.9 Å². The van der Waals surface area contributed by atoms with Crippen LogP contribution in [-0.2, 0) is 0 Å². The summed E-state index contributed by atoms with van der Waals surface area (Å²) < 4.78 is 15.7. The van der Waals surface area contributed by atoms with Crippen molar-refractivity contribution >= 4 is 28.0 Å². The molecule has 6 heteroatoms. The second-order valence-electron chi connectivity index (χ2n) is 6.38. The van der Waals surface area contributed by atoms with Crippen molar-refractivity contribution in [2.75, 3.05) is 26.8 Å². The Morgan fingerprint density at radius 1 is 1.22 bits per heavy atom. The Morgan fingerprint density at radius 3 is 2.96 bits per heavy atom. The first-order valence-electron chi connectivity index (χ1n) is 8.83. The van der Waals surface area contributed by atoms with Crippen LogP contribution in [0.25, 0.3) is 16.5 Å². The zero-order valence-electron chi connectivity index (χ0n) is 15.4. The van der Waals surface area contributed by atoms with Crippen molar-refractivity contribution in [2.45, 2.75) is 6.92 Å². The van der Waals surface area contributed by atoms with Gasteiger partial charge in [-0.05, 0) is 60.6 Å². The van der Waals surface area contributed by atoms with E-state index in [1.54, 1.807) is 24.8 Å². The van der Waals surface area contributed by atoms with E-state index in [4.69, 9.17) is 9.47 Å². The first-order chi connectivity index (χ1) is 13.2. The van der Waals surface area contributed by atoms with Crippen molar-refractivity contribution in [1.29, 1.82) is 0 Å². The van der Waals surface area contributed by atoms with E-state index in [2.05, 4.69) is 38.7 Å². The zero-order valence-corrected chi connectivity index (χ0v) is 16.2. The van der Waals surface area contributed by atoms with Crippen LogP contribution in [0.1, 0.15) is 10.6 Å². The molecule has 0 fully saturated rings. The van der Waals surface area contributed by atoms with Gasteiger partial charge in [-0.3, -0.25) is 4.98 Å². The van der Waals surface area contributed by atoms with Crippen LogP contribution in [0.4, 0.5) is 0 Å². The molecule has 1 aromatic carbocycles. The average Bonchev–Trinajstić information content (AvgIpc) is 3.14. The molecule has 0 atom stereocenters. The van der Waals surface area contributed by atoms with Crippen molar-refractivity contribution in [3.8, 4) is 11.5 Å². The lowest BCUT2D eigenvalue weighted by Gasteiger charge is -2.24. The van der Waals surface area contributed by atoms with Crippen molar-refractivity contribution in [1.82, 2.24) is 14.3 Å². The molecule has 1 aliphatic heterocycles. The van der Waals surface area contributed by atoms with Gasteiger partial charge in [-0.1, -0.05) is 6.08 Å². The van der Waals surface area contributed by atoms with E-state index < -0.39 is 0 Å². The monoisotopic (exact) mass is 379 g/mol. The molecule has 0 amide bonds. The van der Waals surface area contributed by atoms with Crippen LogP contribution >= 0.6 is 11.5 Å². The van der Waals surface area contributed by atoms with Gasteiger partial charge in [0.15, 0.2) is 0 Å². The zero-order chi connectivity index (χ0) is 18.6. The van der Waals surface area contributed by atoms with Gasteiger partial charge in [-0.15, -0.1) is 0 Å². The van der Waals surface area contributed by atoms with Crippen molar-refractivity contribution in [3.05, 3.63) is 65.5 Å². The lowest BCUT2D eigenvalue weighted by molar-refractivity contribution is 0.267. The molecule has 3 aromatic rings. The molecular formula is C21H21N3O2S. The quantitative estimate of drug-likeness (QED) is 0.639. The standard InChI is InChI=1S/C21H21N3O2S/c1-15-12-21(27-23-15)16-4-3-9-24(14-16)10-11-26-20-7-8-22-19-13-17(25-2)5-6-18(19)20/h3-9,12-13H,10-11,14H2,1-2H3. The molecule has 4 rings (SSSR count). The third-order valence-electron chi connectivity index (χ3n) is 4.46. The first kappa shape index (κ1) is 17.5. The van der Waals surface area contributed by atoms with E-state index in [0.717, 1.165) is 41.2 Å². The van der Waals surface area contributed by atoms with Gasteiger partial charge < -0.3 is 14.4 Å². The van der Waals surface area contributed by atoms with Crippen LogP contribution in [0.5, 0.6) is 11.5 Å². The Labute approximate surface area is 162 Å². The molecule has 1 aliphatic rings. The van der Waals surface area contributed by atoms with Gasteiger partial charge in [0.25, 0.3) is 0 Å². The predicted octanol–water partition coefficient (Wildman–Crippen LogP) is 4.30. The Bertz CT molecular complexity index is 1010. The number of benzene rings is 1. The fraction of sp³-hybridized carbons (Fsp3) is 0.238. The lowest BCUT2D eigenvalue weighted by atomic mass is 10.1. The topological polar surface area (TPSA) is 47.5 Å². The number of pyridine rings is 1. The summed E-state index contributed by atoms with van der Waals surface area (Å²) in [5.74, 6) is 1.64. The highest BCUT2D eigenvalue weighted by atomic mass is 32.1. The van der Waals surface area contributed by atoms with Gasteiger partial charge in [-0.25, -0.2) is 0 Å². The van der Waals surface area contributed by atoms with E-state index in [9.17, 15) is 0 Å². The molecule has 2 aromatic heterocycles. The molecule has 0 radical (unpaired) electrons. The molecule has 138 valence electrons. The maximum absolute atomic E-state index is 6.06. The normalized spacial score (nSPS) is 13.7. The summed E-state index contributed by atoms with van der Waals surface area (Å²) in [4.78, 5) is 7.89. The molecule has 0 saturated heterocycles. The van der Waals surface area contributed by atoms with E-state index in [1.165, 1.54) is 10.5 Å². The number of fused-ring (bicyclic) bond motifs is 1. The van der Waals surface area contributed by atoms with Gasteiger partial charge in [0.2, 0.25) is 0 Å². The lowest BCUT2D eigenvalue weighted by Crippen LogP contribution is -2.26. The summed E-state index contributed by atoms with van der Waals surface area (Å²) in [7, 11) is 1.66. The van der Waals surface area contributed by atoms with Crippen LogP contribution in [-0.4, -0.2) is 41.1 Å². The summed E-state index contributed by atoms with van der Waals surface area (Å²) in [6.45, 7) is 4.31. The van der Waals surface area contributed by atoms with E-state index in [0.29, 0.717) is 6.61 Å². The van der Waals surface area contributed by atoms with E-state index >= 15 is 0 Å². The number of nitrogens with zero attached hydrogens (tertiary/aromatic N) is 3. The summed E-state index contributed by atoms with van der Waals surface area (Å²) >= 11 is 1.56. The molecule has 0 saturated carbocycles. The summed E-state index contributed by atoms with van der Waals surface area (Å²) in [6.07, 6.45) is 8.12. The molecule has 0 aliphatic carbocycles. The SMILES string of the molecule is COc1ccc2c(OCCN3C=CC=C(c4cc(C)ns4)C3)ccnc2c1. The molecule has 27 heavy (non-hydrogen) atoms. The van der Waals surface area contributed by atoms with Crippen LogP contribution in [0.2, 0.25) is 0 Å². The van der Waals surface area contributed by atoms with Gasteiger partial charge in [0.1, 0.15) is 18.1 Å². The maximum Gasteiger partial charge on any atom is 0.130 e. The fourth-order valence-corrected chi connectivity index (χ4v) is 3.83. The molecule has 5 nitrogen and oxygen atoms in total. The molecule has 0 bridgehead atoms. The smallest absolute Gasteiger partial charge is 0.130 e. The van der Waals surface area contributed by atoms with E-state index in [1.807, 2.05) is 31.2 Å². The Kier molecular flexibility index (Phi) is 5.07. The Morgan fingerprint density at radius 2 is 2.15 bits per heavy atom. The van der Waals surface area contributed by atoms with Crippen LogP contribution in [0.3, 0.4) is 0 Å². The Balaban J connectivity index is 1.38. The number of aromatic nitrogens is 2. The van der Waals surface area contributed by atoms with E-state index in [-0.39, 0.29) is 0 Å². The van der Waals surface area contributed by atoms with Crippen molar-refractivity contribution in [3.63, 3.8) is 0 Å².